The van der Waals surface area contributed by atoms with Gasteiger partial charge >= 0.3 is 5.97 Å². The molecule has 2 N–H and O–H groups in total. The molecule has 0 saturated carbocycles. The number of aromatic carboxylic acids is 1. The monoisotopic (exact) mass is 334 g/mol. The molecule has 0 fully saturated rings. The summed E-state index contributed by atoms with van der Waals surface area (Å²) in [4.78, 5) is 24.3. The molecule has 25 heavy (non-hydrogen) atoms. The first-order valence-electron chi connectivity index (χ1n) is 7.42. The van der Waals surface area contributed by atoms with Gasteiger partial charge in [0.1, 0.15) is 16.9 Å². The highest BCUT2D eigenvalue weighted by molar-refractivity contribution is 6.08. The lowest BCUT2D eigenvalue weighted by Crippen LogP contribution is -2.01. The van der Waals surface area contributed by atoms with E-state index in [9.17, 15) is 14.3 Å². The zero-order valence-electron chi connectivity index (χ0n) is 12.8. The van der Waals surface area contributed by atoms with Crippen LogP contribution in [0.25, 0.3) is 21.9 Å². The number of nitrogens with one attached hydrogen (secondary N) is 1. The molecule has 4 aromatic rings. The lowest BCUT2D eigenvalue weighted by Gasteiger charge is -2.10. The molecule has 6 nitrogen and oxygen atoms in total. The van der Waals surface area contributed by atoms with Gasteiger partial charge in [-0.15, -0.1) is 0 Å². The molecular weight excluding hydrogens is 323 g/mol. The van der Waals surface area contributed by atoms with E-state index in [0.717, 1.165) is 0 Å². The van der Waals surface area contributed by atoms with E-state index in [1.807, 2.05) is 0 Å². The number of aromatic nitrogens is 3. The van der Waals surface area contributed by atoms with E-state index in [-0.39, 0.29) is 11.4 Å². The quantitative estimate of drug-likeness (QED) is 0.555. The summed E-state index contributed by atoms with van der Waals surface area (Å²) in [6.45, 7) is 0. The van der Waals surface area contributed by atoms with Gasteiger partial charge in [0.05, 0.1) is 11.1 Å². The Balaban J connectivity index is 1.96. The van der Waals surface area contributed by atoms with E-state index in [1.165, 1.54) is 30.5 Å². The molecule has 7 heteroatoms. The van der Waals surface area contributed by atoms with Crippen molar-refractivity contribution in [1.29, 1.82) is 0 Å². The van der Waals surface area contributed by atoms with E-state index in [1.54, 1.807) is 24.4 Å². The maximum Gasteiger partial charge on any atom is 0.335 e. The van der Waals surface area contributed by atoms with E-state index in [4.69, 9.17) is 0 Å². The minimum absolute atomic E-state index is 0.125. The molecular formula is C18H11FN4O2. The molecule has 0 aliphatic heterocycles. The van der Waals surface area contributed by atoms with Gasteiger partial charge in [0.2, 0.25) is 0 Å². The van der Waals surface area contributed by atoms with Gasteiger partial charge in [-0.3, -0.25) is 4.98 Å². The molecule has 2 aromatic carbocycles. The van der Waals surface area contributed by atoms with Crippen molar-refractivity contribution < 1.29 is 14.3 Å². The number of rotatable bonds is 3. The molecule has 0 aliphatic carbocycles. The summed E-state index contributed by atoms with van der Waals surface area (Å²) in [5.74, 6) is -1.04. The van der Waals surface area contributed by atoms with E-state index >= 15 is 0 Å². The van der Waals surface area contributed by atoms with Crippen LogP contribution < -0.4 is 5.32 Å². The number of hydrogen-bond donors (Lipinski definition) is 2. The molecule has 0 spiro atoms. The van der Waals surface area contributed by atoms with Crippen LogP contribution in [0.5, 0.6) is 0 Å². The molecule has 0 bridgehead atoms. The van der Waals surface area contributed by atoms with Crippen LogP contribution in [0.3, 0.4) is 0 Å². The Kier molecular flexibility index (Phi) is 3.46. The molecule has 0 atom stereocenters. The van der Waals surface area contributed by atoms with Crippen molar-refractivity contribution in [2.24, 2.45) is 0 Å². The predicted molar refractivity (Wildman–Crippen MR) is 91.5 cm³/mol. The van der Waals surface area contributed by atoms with Crippen molar-refractivity contribution in [3.8, 4) is 0 Å². The van der Waals surface area contributed by atoms with Gasteiger partial charge in [0, 0.05) is 23.5 Å². The number of hydrogen-bond acceptors (Lipinski definition) is 5. The van der Waals surface area contributed by atoms with Crippen LogP contribution in [0.2, 0.25) is 0 Å². The molecule has 2 heterocycles. The van der Waals surface area contributed by atoms with E-state index < -0.39 is 5.97 Å². The number of carbonyl (C=O) groups is 1. The number of fused-ring (bicyclic) bond motifs is 3. The first-order chi connectivity index (χ1) is 12.1. The van der Waals surface area contributed by atoms with Gasteiger partial charge in [0.15, 0.2) is 5.82 Å². The van der Waals surface area contributed by atoms with Crippen molar-refractivity contribution in [3.63, 3.8) is 0 Å². The second kappa shape index (κ2) is 5.79. The Bertz CT molecular complexity index is 1130. The lowest BCUT2D eigenvalue weighted by atomic mass is 10.1. The number of carboxylic acid groups (broad SMARTS) is 1. The summed E-state index contributed by atoms with van der Waals surface area (Å²) >= 11 is 0. The fourth-order valence-electron chi connectivity index (χ4n) is 2.63. The van der Waals surface area contributed by atoms with Crippen LogP contribution in [-0.4, -0.2) is 26.0 Å². The van der Waals surface area contributed by atoms with Crippen molar-refractivity contribution in [3.05, 3.63) is 66.2 Å². The van der Waals surface area contributed by atoms with Crippen LogP contribution in [0.1, 0.15) is 10.4 Å². The SMILES string of the molecule is O=C(O)c1ccc2c(c1)nc(Nc1cccc(F)c1)c1nccnc12. The topological polar surface area (TPSA) is 88.0 Å². The summed E-state index contributed by atoms with van der Waals surface area (Å²) in [6.07, 6.45) is 3.09. The third-order valence-electron chi connectivity index (χ3n) is 3.74. The Morgan fingerprint density at radius 1 is 1.04 bits per heavy atom. The zero-order valence-corrected chi connectivity index (χ0v) is 12.8. The van der Waals surface area contributed by atoms with Crippen molar-refractivity contribution >= 4 is 39.4 Å². The van der Waals surface area contributed by atoms with Gasteiger partial charge < -0.3 is 10.4 Å². The van der Waals surface area contributed by atoms with Crippen LogP contribution in [0, 0.1) is 5.82 Å². The molecule has 0 unspecified atom stereocenters. The Labute approximate surface area is 141 Å². The van der Waals surface area contributed by atoms with Crippen molar-refractivity contribution in [2.75, 3.05) is 5.32 Å². The van der Waals surface area contributed by atoms with E-state index in [0.29, 0.717) is 33.4 Å². The van der Waals surface area contributed by atoms with Crippen molar-refractivity contribution in [1.82, 2.24) is 15.0 Å². The maximum absolute atomic E-state index is 13.4. The summed E-state index contributed by atoms with van der Waals surface area (Å²) in [7, 11) is 0. The Morgan fingerprint density at radius 2 is 1.84 bits per heavy atom. The third-order valence-corrected chi connectivity index (χ3v) is 3.74. The standard InChI is InChI=1S/C18H11FN4O2/c19-11-2-1-3-12(9-11)22-17-16-15(20-6-7-21-16)13-5-4-10(18(24)25)8-14(13)23-17/h1-9H,(H,22,23)(H,24,25). The van der Waals surface area contributed by atoms with Crippen molar-refractivity contribution in [2.45, 2.75) is 0 Å². The summed E-state index contributed by atoms with van der Waals surface area (Å²) < 4.78 is 13.4. The highest BCUT2D eigenvalue weighted by atomic mass is 19.1. The van der Waals surface area contributed by atoms with Gasteiger partial charge in [-0.1, -0.05) is 6.07 Å². The number of carboxylic acids is 1. The average molecular weight is 334 g/mol. The number of pyridine rings is 1. The summed E-state index contributed by atoms with van der Waals surface area (Å²) in [5.41, 5.74) is 2.20. The molecule has 0 amide bonds. The normalized spacial score (nSPS) is 10.9. The maximum atomic E-state index is 13.4. The summed E-state index contributed by atoms with van der Waals surface area (Å²) in [5, 5.41) is 12.9. The second-order valence-electron chi connectivity index (χ2n) is 5.39. The fourth-order valence-corrected chi connectivity index (χ4v) is 2.63. The third kappa shape index (κ3) is 2.72. The molecule has 2 aromatic heterocycles. The highest BCUT2D eigenvalue weighted by Gasteiger charge is 2.13. The van der Waals surface area contributed by atoms with E-state index in [2.05, 4.69) is 20.3 Å². The number of halogens is 1. The van der Waals surface area contributed by atoms with Gasteiger partial charge in [-0.2, -0.15) is 0 Å². The fraction of sp³-hybridized carbons (Fsp3) is 0. The zero-order chi connectivity index (χ0) is 17.4. The largest absolute Gasteiger partial charge is 0.478 e. The minimum Gasteiger partial charge on any atom is -0.478 e. The molecule has 0 saturated heterocycles. The Hall–Kier alpha value is -3.61. The smallest absolute Gasteiger partial charge is 0.335 e. The predicted octanol–water partition coefficient (Wildman–Crippen LogP) is 3.76. The molecule has 0 aliphatic rings. The lowest BCUT2D eigenvalue weighted by molar-refractivity contribution is 0.0697. The number of benzene rings is 2. The highest BCUT2D eigenvalue weighted by Crippen LogP contribution is 2.29. The molecule has 122 valence electrons. The summed E-state index contributed by atoms with van der Waals surface area (Å²) in [6, 6.07) is 10.6. The van der Waals surface area contributed by atoms with Gasteiger partial charge in [-0.05, 0) is 36.4 Å². The second-order valence-corrected chi connectivity index (χ2v) is 5.39. The number of anilines is 2. The van der Waals surface area contributed by atoms with Crippen LogP contribution >= 0.6 is 0 Å². The average Bonchev–Trinajstić information content (AvgIpc) is 2.61. The van der Waals surface area contributed by atoms with Gasteiger partial charge in [0.25, 0.3) is 0 Å². The Morgan fingerprint density at radius 3 is 2.60 bits per heavy atom. The van der Waals surface area contributed by atoms with Crippen LogP contribution in [0.15, 0.2) is 54.9 Å². The minimum atomic E-state index is -1.04. The number of nitrogens with zero attached hydrogens (tertiary/aromatic N) is 3. The molecule has 0 radical (unpaired) electrons. The van der Waals surface area contributed by atoms with Gasteiger partial charge in [-0.25, -0.2) is 19.2 Å². The van der Waals surface area contributed by atoms with Crippen LogP contribution in [-0.2, 0) is 0 Å². The first kappa shape index (κ1) is 14.9. The molecule has 4 rings (SSSR count). The van der Waals surface area contributed by atoms with Crippen LogP contribution in [0.4, 0.5) is 15.9 Å². The first-order valence-corrected chi connectivity index (χ1v) is 7.42.